The van der Waals surface area contributed by atoms with E-state index in [1.165, 1.54) is 35.2 Å². The summed E-state index contributed by atoms with van der Waals surface area (Å²) in [4.78, 5) is 29.3. The fourth-order valence-electron chi connectivity index (χ4n) is 4.67. The van der Waals surface area contributed by atoms with Crippen LogP contribution in [0.25, 0.3) is 0 Å². The molecule has 0 heterocycles. The first-order chi connectivity index (χ1) is 20.6. The van der Waals surface area contributed by atoms with Crippen LogP contribution in [-0.2, 0) is 32.6 Å². The Morgan fingerprint density at radius 3 is 1.98 bits per heavy atom. The zero-order chi connectivity index (χ0) is 31.0. The van der Waals surface area contributed by atoms with Crippen LogP contribution in [0.1, 0.15) is 23.6 Å². The minimum atomic E-state index is -4.24. The summed E-state index contributed by atoms with van der Waals surface area (Å²) in [5.41, 5.74) is 2.83. The first-order valence-electron chi connectivity index (χ1n) is 13.8. The molecule has 0 aromatic heterocycles. The lowest BCUT2D eigenvalue weighted by Gasteiger charge is -2.34. The Labute approximate surface area is 263 Å². The normalized spacial score (nSPS) is 11.9. The molecule has 4 aromatic rings. The highest BCUT2D eigenvalue weighted by atomic mass is 35.5. The first kappa shape index (κ1) is 32.1. The average molecular weight is 639 g/mol. The van der Waals surface area contributed by atoms with Gasteiger partial charge in [0.25, 0.3) is 10.0 Å². The van der Waals surface area contributed by atoms with Crippen LogP contribution < -0.4 is 9.62 Å². The summed E-state index contributed by atoms with van der Waals surface area (Å²) < 4.78 is 29.0. The molecule has 0 aliphatic carbocycles. The van der Waals surface area contributed by atoms with Gasteiger partial charge in [0.15, 0.2) is 0 Å². The molecule has 1 atom stereocenters. The SMILES string of the molecule is CCNC(=O)C(Cc1ccccc1)N(Cc1ccc(C)cc1)C(=O)CN(c1cc(Cl)cc(Cl)c1)S(=O)(=O)c1ccccc1. The van der Waals surface area contributed by atoms with E-state index < -0.39 is 28.5 Å². The molecule has 7 nitrogen and oxygen atoms in total. The Kier molecular flexibility index (Phi) is 10.9. The zero-order valence-electron chi connectivity index (χ0n) is 23.9. The number of nitrogens with one attached hydrogen (secondary N) is 1. The van der Waals surface area contributed by atoms with Gasteiger partial charge in [0.2, 0.25) is 11.8 Å². The summed E-state index contributed by atoms with van der Waals surface area (Å²) in [5.74, 6) is -0.904. The van der Waals surface area contributed by atoms with E-state index in [1.54, 1.807) is 25.1 Å². The lowest BCUT2D eigenvalue weighted by Crippen LogP contribution is -2.53. The van der Waals surface area contributed by atoms with Crippen molar-refractivity contribution in [1.29, 1.82) is 0 Å². The summed E-state index contributed by atoms with van der Waals surface area (Å²) in [6, 6.07) is 28.3. The van der Waals surface area contributed by atoms with Crippen LogP contribution in [0.2, 0.25) is 10.0 Å². The number of anilines is 1. The van der Waals surface area contributed by atoms with E-state index in [-0.39, 0.29) is 39.5 Å². The molecule has 0 bridgehead atoms. The Morgan fingerprint density at radius 1 is 0.814 bits per heavy atom. The average Bonchev–Trinajstić information content (AvgIpc) is 2.99. The number of halogens is 2. The van der Waals surface area contributed by atoms with Gasteiger partial charge >= 0.3 is 0 Å². The van der Waals surface area contributed by atoms with Gasteiger partial charge in [-0.1, -0.05) is 102 Å². The third-order valence-electron chi connectivity index (χ3n) is 6.84. The molecule has 0 aliphatic rings. The molecule has 0 aliphatic heterocycles. The molecule has 224 valence electrons. The highest BCUT2D eigenvalue weighted by Gasteiger charge is 2.34. The van der Waals surface area contributed by atoms with Gasteiger partial charge in [-0.2, -0.15) is 0 Å². The summed E-state index contributed by atoms with van der Waals surface area (Å²) in [6.45, 7) is 3.63. The Balaban J connectivity index is 1.81. The van der Waals surface area contributed by atoms with Crippen molar-refractivity contribution in [1.82, 2.24) is 10.2 Å². The maximum Gasteiger partial charge on any atom is 0.264 e. The first-order valence-corrected chi connectivity index (χ1v) is 16.0. The van der Waals surface area contributed by atoms with Gasteiger partial charge in [0.1, 0.15) is 12.6 Å². The van der Waals surface area contributed by atoms with Gasteiger partial charge in [-0.15, -0.1) is 0 Å². The quantitative estimate of drug-likeness (QED) is 0.198. The van der Waals surface area contributed by atoms with Gasteiger partial charge in [0.05, 0.1) is 10.6 Å². The van der Waals surface area contributed by atoms with Crippen molar-refractivity contribution < 1.29 is 18.0 Å². The molecule has 0 radical (unpaired) electrons. The molecule has 4 aromatic carbocycles. The number of rotatable bonds is 12. The number of hydrogen-bond donors (Lipinski definition) is 1. The second-order valence-corrected chi connectivity index (χ2v) is 12.8. The topological polar surface area (TPSA) is 86.8 Å². The number of nitrogens with zero attached hydrogens (tertiary/aromatic N) is 2. The monoisotopic (exact) mass is 637 g/mol. The van der Waals surface area contributed by atoms with Crippen molar-refractivity contribution in [3.05, 3.63) is 130 Å². The number of likely N-dealkylation sites (N-methyl/N-ethyl adjacent to an activating group) is 1. The zero-order valence-corrected chi connectivity index (χ0v) is 26.2. The van der Waals surface area contributed by atoms with Crippen molar-refractivity contribution in [2.45, 2.75) is 37.8 Å². The predicted octanol–water partition coefficient (Wildman–Crippen LogP) is 6.27. The minimum Gasteiger partial charge on any atom is -0.355 e. The minimum absolute atomic E-state index is 0.00598. The number of sulfonamides is 1. The molecular weight excluding hydrogens is 605 g/mol. The van der Waals surface area contributed by atoms with Crippen LogP contribution >= 0.6 is 23.2 Å². The van der Waals surface area contributed by atoms with Crippen molar-refractivity contribution in [3.63, 3.8) is 0 Å². The molecule has 0 saturated carbocycles. The van der Waals surface area contributed by atoms with Crippen molar-refractivity contribution in [2.24, 2.45) is 0 Å². The number of amides is 2. The van der Waals surface area contributed by atoms with Crippen LogP contribution in [0.15, 0.2) is 108 Å². The molecule has 1 N–H and O–H groups in total. The Morgan fingerprint density at radius 2 is 1.40 bits per heavy atom. The molecule has 1 unspecified atom stereocenters. The second kappa shape index (κ2) is 14.6. The molecule has 0 fully saturated rings. The lowest BCUT2D eigenvalue weighted by atomic mass is 10.0. The molecular formula is C33H33Cl2N3O4S. The van der Waals surface area contributed by atoms with Crippen LogP contribution in [-0.4, -0.2) is 44.3 Å². The molecule has 2 amide bonds. The van der Waals surface area contributed by atoms with Crippen LogP contribution in [0.5, 0.6) is 0 Å². The number of hydrogen-bond acceptors (Lipinski definition) is 4. The smallest absolute Gasteiger partial charge is 0.264 e. The molecule has 43 heavy (non-hydrogen) atoms. The lowest BCUT2D eigenvalue weighted by molar-refractivity contribution is -0.140. The van der Waals surface area contributed by atoms with Crippen LogP contribution in [0, 0.1) is 6.92 Å². The molecule has 0 saturated heterocycles. The van der Waals surface area contributed by atoms with Crippen molar-refractivity contribution >= 4 is 50.7 Å². The third-order valence-corrected chi connectivity index (χ3v) is 9.07. The van der Waals surface area contributed by atoms with Gasteiger partial charge in [-0.25, -0.2) is 8.42 Å². The standard InChI is InChI=1S/C33H33Cl2N3O4S/c1-3-36-33(40)31(18-25-10-6-4-7-11-25)37(22-26-16-14-24(2)15-17-26)32(39)23-38(29-20-27(34)19-28(35)21-29)43(41,42)30-12-8-5-9-13-30/h4-17,19-21,31H,3,18,22-23H2,1-2H3,(H,36,40). The van der Waals surface area contributed by atoms with Gasteiger partial charge in [-0.3, -0.25) is 13.9 Å². The second-order valence-electron chi connectivity index (χ2n) is 10.1. The van der Waals surface area contributed by atoms with Crippen molar-refractivity contribution in [3.8, 4) is 0 Å². The van der Waals surface area contributed by atoms with E-state index >= 15 is 0 Å². The fourth-order valence-corrected chi connectivity index (χ4v) is 6.60. The Hall–Kier alpha value is -3.85. The number of carbonyl (C=O) groups excluding carboxylic acids is 2. The summed E-state index contributed by atoms with van der Waals surface area (Å²) in [5, 5.41) is 3.28. The predicted molar refractivity (Wildman–Crippen MR) is 172 cm³/mol. The van der Waals surface area contributed by atoms with E-state index in [1.807, 2.05) is 61.5 Å². The fraction of sp³-hybridized carbons (Fsp3) is 0.212. The highest BCUT2D eigenvalue weighted by molar-refractivity contribution is 7.92. The van der Waals surface area contributed by atoms with E-state index in [0.29, 0.717) is 6.54 Å². The van der Waals surface area contributed by atoms with E-state index in [9.17, 15) is 18.0 Å². The van der Waals surface area contributed by atoms with Gasteiger partial charge in [0, 0.05) is 29.6 Å². The largest absolute Gasteiger partial charge is 0.355 e. The summed E-state index contributed by atoms with van der Waals surface area (Å²) in [6.07, 6.45) is 0.235. The summed E-state index contributed by atoms with van der Waals surface area (Å²) >= 11 is 12.5. The van der Waals surface area contributed by atoms with Gasteiger partial charge < -0.3 is 10.2 Å². The Bertz CT molecular complexity index is 1630. The number of aryl methyl sites for hydroxylation is 1. The van der Waals surface area contributed by atoms with E-state index in [4.69, 9.17) is 23.2 Å². The third kappa shape index (κ3) is 8.38. The highest BCUT2D eigenvalue weighted by Crippen LogP contribution is 2.30. The molecule has 4 rings (SSSR count). The van der Waals surface area contributed by atoms with Gasteiger partial charge in [-0.05, 0) is 55.3 Å². The number of benzene rings is 4. The number of carbonyl (C=O) groups is 2. The molecule has 10 heteroatoms. The van der Waals surface area contributed by atoms with Crippen molar-refractivity contribution in [2.75, 3.05) is 17.4 Å². The maximum absolute atomic E-state index is 14.4. The van der Waals surface area contributed by atoms with Crippen LogP contribution in [0.4, 0.5) is 5.69 Å². The molecule has 0 spiro atoms. The van der Waals surface area contributed by atoms with E-state index in [0.717, 1.165) is 21.0 Å². The van der Waals surface area contributed by atoms with Crippen LogP contribution in [0.3, 0.4) is 0 Å². The maximum atomic E-state index is 14.4. The van der Waals surface area contributed by atoms with E-state index in [2.05, 4.69) is 5.32 Å². The summed E-state index contributed by atoms with van der Waals surface area (Å²) in [7, 11) is -4.24.